The van der Waals surface area contributed by atoms with Gasteiger partial charge in [-0.1, -0.05) is 6.07 Å². The second-order valence-electron chi connectivity index (χ2n) is 4.78. The monoisotopic (exact) mass is 270 g/mol. The van der Waals surface area contributed by atoms with Crippen LogP contribution >= 0.6 is 0 Å². The summed E-state index contributed by atoms with van der Waals surface area (Å²) in [7, 11) is 1.98. The van der Waals surface area contributed by atoms with Gasteiger partial charge in [0.1, 0.15) is 18.2 Å². The molecule has 4 heteroatoms. The normalized spacial score (nSPS) is 10.9. The molecule has 0 radical (unpaired) electrons. The molecule has 0 aliphatic heterocycles. The van der Waals surface area contributed by atoms with Gasteiger partial charge in [-0.2, -0.15) is 0 Å². The molecule has 20 heavy (non-hydrogen) atoms. The maximum Gasteiger partial charge on any atom is 0.123 e. The van der Waals surface area contributed by atoms with Gasteiger partial charge in [0.2, 0.25) is 0 Å². The highest BCUT2D eigenvalue weighted by Gasteiger charge is 2.07. The van der Waals surface area contributed by atoms with E-state index in [0.29, 0.717) is 12.4 Å². The number of anilines is 1. The lowest BCUT2D eigenvalue weighted by molar-refractivity contribution is 0.307. The first-order valence-electron chi connectivity index (χ1n) is 6.35. The smallest absolute Gasteiger partial charge is 0.123 e. The SMILES string of the molecule is Cn1cc(COc2ccc(F)cc2)c2ccc(N)cc21. The van der Waals surface area contributed by atoms with Crippen LogP contribution in [-0.2, 0) is 13.7 Å². The van der Waals surface area contributed by atoms with E-state index in [0.717, 1.165) is 22.2 Å². The van der Waals surface area contributed by atoms with Gasteiger partial charge in [0, 0.05) is 29.9 Å². The van der Waals surface area contributed by atoms with Gasteiger partial charge in [0.15, 0.2) is 0 Å². The predicted octanol–water partition coefficient (Wildman–Crippen LogP) is 3.48. The van der Waals surface area contributed by atoms with Crippen molar-refractivity contribution in [3.05, 3.63) is 60.0 Å². The van der Waals surface area contributed by atoms with E-state index in [-0.39, 0.29) is 5.82 Å². The fraction of sp³-hybridized carbons (Fsp3) is 0.125. The Hall–Kier alpha value is -2.49. The van der Waals surface area contributed by atoms with Crippen LogP contribution in [0.3, 0.4) is 0 Å². The van der Waals surface area contributed by atoms with Gasteiger partial charge < -0.3 is 15.0 Å². The van der Waals surface area contributed by atoms with Crippen LogP contribution in [0.1, 0.15) is 5.56 Å². The predicted molar refractivity (Wildman–Crippen MR) is 78.1 cm³/mol. The van der Waals surface area contributed by atoms with Crippen LogP contribution in [0.2, 0.25) is 0 Å². The second-order valence-corrected chi connectivity index (χ2v) is 4.78. The molecule has 0 saturated carbocycles. The lowest BCUT2D eigenvalue weighted by Crippen LogP contribution is -1.94. The van der Waals surface area contributed by atoms with Crippen molar-refractivity contribution in [2.24, 2.45) is 7.05 Å². The maximum atomic E-state index is 12.8. The van der Waals surface area contributed by atoms with Gasteiger partial charge in [-0.25, -0.2) is 4.39 Å². The third kappa shape index (κ3) is 2.32. The van der Waals surface area contributed by atoms with Crippen LogP contribution in [0.4, 0.5) is 10.1 Å². The van der Waals surface area contributed by atoms with E-state index in [9.17, 15) is 4.39 Å². The number of halogens is 1. The van der Waals surface area contributed by atoms with E-state index in [4.69, 9.17) is 10.5 Å². The Morgan fingerprint density at radius 3 is 2.65 bits per heavy atom. The molecule has 0 unspecified atom stereocenters. The first-order chi connectivity index (χ1) is 9.63. The van der Waals surface area contributed by atoms with Crippen molar-refractivity contribution in [1.29, 1.82) is 0 Å². The van der Waals surface area contributed by atoms with Gasteiger partial charge in [0.05, 0.1) is 5.52 Å². The average molecular weight is 270 g/mol. The quantitative estimate of drug-likeness (QED) is 0.740. The van der Waals surface area contributed by atoms with Crippen LogP contribution in [0.15, 0.2) is 48.7 Å². The zero-order valence-corrected chi connectivity index (χ0v) is 11.1. The van der Waals surface area contributed by atoms with E-state index in [1.54, 1.807) is 12.1 Å². The largest absolute Gasteiger partial charge is 0.489 e. The summed E-state index contributed by atoms with van der Waals surface area (Å²) >= 11 is 0. The second kappa shape index (κ2) is 4.89. The van der Waals surface area contributed by atoms with Crippen molar-refractivity contribution in [2.45, 2.75) is 6.61 Å². The van der Waals surface area contributed by atoms with Gasteiger partial charge in [0.25, 0.3) is 0 Å². The molecule has 3 aromatic rings. The number of nitrogens with zero attached hydrogens (tertiary/aromatic N) is 1. The van der Waals surface area contributed by atoms with Gasteiger partial charge in [-0.3, -0.25) is 0 Å². The molecule has 0 amide bonds. The highest BCUT2D eigenvalue weighted by Crippen LogP contribution is 2.24. The third-order valence-corrected chi connectivity index (χ3v) is 3.31. The van der Waals surface area contributed by atoms with Crippen molar-refractivity contribution in [3.8, 4) is 5.75 Å². The number of rotatable bonds is 3. The van der Waals surface area contributed by atoms with Crippen molar-refractivity contribution in [1.82, 2.24) is 4.57 Å². The van der Waals surface area contributed by atoms with Crippen LogP contribution in [0.25, 0.3) is 10.9 Å². The first kappa shape index (κ1) is 12.5. The zero-order valence-electron chi connectivity index (χ0n) is 11.1. The van der Waals surface area contributed by atoms with Crippen LogP contribution in [-0.4, -0.2) is 4.57 Å². The van der Waals surface area contributed by atoms with Gasteiger partial charge in [-0.15, -0.1) is 0 Å². The minimum atomic E-state index is -0.266. The van der Waals surface area contributed by atoms with Crippen LogP contribution < -0.4 is 10.5 Å². The molecule has 3 nitrogen and oxygen atoms in total. The fourth-order valence-corrected chi connectivity index (χ4v) is 2.29. The number of nitrogen functional groups attached to an aromatic ring is 1. The van der Waals surface area contributed by atoms with E-state index < -0.39 is 0 Å². The van der Waals surface area contributed by atoms with Crippen molar-refractivity contribution < 1.29 is 9.13 Å². The fourth-order valence-electron chi connectivity index (χ4n) is 2.29. The molecule has 102 valence electrons. The Morgan fingerprint density at radius 1 is 1.15 bits per heavy atom. The summed E-state index contributed by atoms with van der Waals surface area (Å²) in [6.45, 7) is 0.437. The molecule has 0 spiro atoms. The molecule has 0 fully saturated rings. The molecule has 0 aliphatic carbocycles. The Balaban J connectivity index is 1.86. The molecule has 2 aromatic carbocycles. The maximum absolute atomic E-state index is 12.8. The van der Waals surface area contributed by atoms with Gasteiger partial charge >= 0.3 is 0 Å². The summed E-state index contributed by atoms with van der Waals surface area (Å²) in [6.07, 6.45) is 2.02. The standard InChI is InChI=1S/C16H15FN2O/c1-19-9-11(15-7-4-13(18)8-16(15)19)10-20-14-5-2-12(17)3-6-14/h2-9H,10,18H2,1H3. The summed E-state index contributed by atoms with van der Waals surface area (Å²) in [5, 5.41) is 1.11. The van der Waals surface area contributed by atoms with E-state index >= 15 is 0 Å². The minimum Gasteiger partial charge on any atom is -0.489 e. The number of nitrogens with two attached hydrogens (primary N) is 1. The molecule has 1 aromatic heterocycles. The highest BCUT2D eigenvalue weighted by atomic mass is 19.1. The van der Waals surface area contributed by atoms with Crippen LogP contribution in [0, 0.1) is 5.82 Å². The number of ether oxygens (including phenoxy) is 1. The molecule has 0 bridgehead atoms. The minimum absolute atomic E-state index is 0.266. The van der Waals surface area contributed by atoms with E-state index in [1.807, 2.05) is 36.0 Å². The number of aryl methyl sites for hydroxylation is 1. The lowest BCUT2D eigenvalue weighted by Gasteiger charge is -2.05. The number of hydrogen-bond donors (Lipinski definition) is 1. The Kier molecular flexibility index (Phi) is 3.06. The molecule has 0 atom stereocenters. The molecule has 0 aliphatic rings. The Bertz CT molecular complexity index is 747. The van der Waals surface area contributed by atoms with E-state index in [1.165, 1.54) is 12.1 Å². The third-order valence-electron chi connectivity index (χ3n) is 3.31. The number of fused-ring (bicyclic) bond motifs is 1. The number of hydrogen-bond acceptors (Lipinski definition) is 2. The molecule has 1 heterocycles. The average Bonchev–Trinajstić information content (AvgIpc) is 2.74. The van der Waals surface area contributed by atoms with E-state index in [2.05, 4.69) is 0 Å². The Labute approximate surface area is 116 Å². The Morgan fingerprint density at radius 2 is 1.90 bits per heavy atom. The molecular formula is C16H15FN2O. The van der Waals surface area contributed by atoms with Gasteiger partial charge in [-0.05, 0) is 36.4 Å². The summed E-state index contributed by atoms with van der Waals surface area (Å²) < 4.78 is 20.5. The summed E-state index contributed by atoms with van der Waals surface area (Å²) in [5.41, 5.74) is 8.69. The highest BCUT2D eigenvalue weighted by molar-refractivity contribution is 5.86. The summed E-state index contributed by atoms with van der Waals surface area (Å²) in [5.74, 6) is 0.386. The first-order valence-corrected chi connectivity index (χ1v) is 6.35. The number of benzene rings is 2. The topological polar surface area (TPSA) is 40.2 Å². The lowest BCUT2D eigenvalue weighted by atomic mass is 10.2. The number of aromatic nitrogens is 1. The van der Waals surface area contributed by atoms with Crippen molar-refractivity contribution in [3.63, 3.8) is 0 Å². The summed E-state index contributed by atoms with van der Waals surface area (Å²) in [4.78, 5) is 0. The van der Waals surface area contributed by atoms with Crippen molar-refractivity contribution in [2.75, 3.05) is 5.73 Å². The zero-order chi connectivity index (χ0) is 14.1. The summed E-state index contributed by atoms with van der Waals surface area (Å²) in [6, 6.07) is 11.8. The molecule has 0 saturated heterocycles. The molecular weight excluding hydrogens is 255 g/mol. The molecule has 2 N–H and O–H groups in total. The van der Waals surface area contributed by atoms with Crippen LogP contribution in [0.5, 0.6) is 5.75 Å². The molecule has 3 rings (SSSR count). The van der Waals surface area contributed by atoms with Crippen molar-refractivity contribution >= 4 is 16.6 Å².